The fourth-order valence-electron chi connectivity index (χ4n) is 8.01. The van der Waals surface area contributed by atoms with Crippen LogP contribution in [0.4, 0.5) is 0 Å². The Kier molecular flexibility index (Phi) is 8.76. The number of rotatable bonds is 8. The summed E-state index contributed by atoms with van der Waals surface area (Å²) in [5, 5.41) is 62.6. The van der Waals surface area contributed by atoms with Gasteiger partial charge in [-0.2, -0.15) is 0 Å². The Bertz CT molecular complexity index is 1940. The zero-order chi connectivity index (χ0) is 34.6. The number of ketones is 1. The second-order valence-corrected chi connectivity index (χ2v) is 13.3. The number of allylic oxidation sites excluding steroid dienone is 2. The van der Waals surface area contributed by atoms with Crippen LogP contribution in [0.15, 0.2) is 84.9 Å². The Hall–Kier alpha value is -4.58. The molecule has 1 heterocycles. The summed E-state index contributed by atoms with van der Waals surface area (Å²) in [6.07, 6.45) is -2.62. The van der Waals surface area contributed by atoms with Gasteiger partial charge in [-0.25, -0.2) is 4.79 Å². The zero-order valence-corrected chi connectivity index (χ0v) is 26.7. The first-order valence-electron chi connectivity index (χ1n) is 16.4. The molecule has 2 aliphatic carbocycles. The highest BCUT2D eigenvalue weighted by molar-refractivity contribution is 6.09. The molecule has 0 aromatic heterocycles. The lowest BCUT2D eigenvalue weighted by Gasteiger charge is -2.43. The second kappa shape index (κ2) is 13.0. The number of carboxylic acids is 1. The van der Waals surface area contributed by atoms with E-state index >= 15 is 0 Å². The van der Waals surface area contributed by atoms with Crippen LogP contribution in [0.5, 0.6) is 11.5 Å². The molecule has 4 aromatic carbocycles. The fraction of sp³-hybridized carbons (Fsp3) is 0.333. The Labute approximate surface area is 282 Å². The van der Waals surface area contributed by atoms with Crippen molar-refractivity contribution in [2.24, 2.45) is 5.92 Å². The predicted octanol–water partition coefficient (Wildman–Crippen LogP) is 4.54. The molecule has 0 saturated carbocycles. The van der Waals surface area contributed by atoms with Gasteiger partial charge in [0, 0.05) is 12.3 Å². The van der Waals surface area contributed by atoms with E-state index in [0.29, 0.717) is 5.56 Å². The summed E-state index contributed by atoms with van der Waals surface area (Å²) < 4.78 is 11.4. The molecule has 1 fully saturated rings. The van der Waals surface area contributed by atoms with Crippen LogP contribution in [0.25, 0.3) is 10.8 Å². The van der Waals surface area contributed by atoms with Crippen molar-refractivity contribution >= 4 is 22.5 Å². The van der Waals surface area contributed by atoms with Crippen LogP contribution in [0.2, 0.25) is 0 Å². The number of carbonyl (C=O) groups excluding carboxylic acids is 1. The van der Waals surface area contributed by atoms with Gasteiger partial charge in [-0.3, -0.25) is 4.79 Å². The number of Topliss-reactive ketones (excluding diaryl/α,β-unsaturated/α-hetero) is 1. The van der Waals surface area contributed by atoms with Crippen LogP contribution < -0.4 is 4.74 Å². The maximum Gasteiger partial charge on any atom is 0.335 e. The third kappa shape index (κ3) is 5.79. The standard InChI is InChI=1S/C39H38O10/c1-19-13-22-14-23(38(46)47)16-30(48-39-37(45)36(44)34(42)31(18-40)49-39)33(22)35(43)32(19)29(41)17-27-21-11-12-24(20-7-3-2-4-8-20)28(15-21)26-10-6-5-9-25(26)27/h2-14,16,21,24,27-28,31,34,36-37,39-40,42-45H,15,17-18H2,1H3,(H,46,47)/t21-,24-,27+,28-,31-,34-,36+,37-,39-/m1/s1. The number of aromatic hydroxyl groups is 1. The normalized spacial score (nSPS) is 29.0. The van der Waals surface area contributed by atoms with Crippen molar-refractivity contribution in [2.45, 2.75) is 68.2 Å². The SMILES string of the molecule is Cc1cc2cc(C(=O)O)cc(O[C@@H]3O[C@H](CO)[C@@H](O)[C@H](O)[C@H]3O)c2c(O)c1C(=O)C[C@@H]1c2ccccc2[C@@H]2C[C@H]1C=C[C@@H]2c1ccccc1. The van der Waals surface area contributed by atoms with Crippen LogP contribution in [0, 0.1) is 12.8 Å². The molecule has 0 radical (unpaired) electrons. The minimum atomic E-state index is -1.78. The van der Waals surface area contributed by atoms with Crippen molar-refractivity contribution in [2.75, 3.05) is 6.61 Å². The molecule has 49 heavy (non-hydrogen) atoms. The number of aliphatic hydroxyl groups is 4. The van der Waals surface area contributed by atoms with Crippen molar-refractivity contribution in [3.8, 4) is 11.5 Å². The molecule has 4 aromatic rings. The molecular weight excluding hydrogens is 628 g/mol. The van der Waals surface area contributed by atoms with E-state index in [1.54, 1.807) is 13.0 Å². The van der Waals surface area contributed by atoms with E-state index in [9.17, 15) is 40.2 Å². The van der Waals surface area contributed by atoms with Crippen LogP contribution >= 0.6 is 0 Å². The number of phenols is 1. The first kappa shape index (κ1) is 32.9. The highest BCUT2D eigenvalue weighted by Crippen LogP contribution is 2.54. The van der Waals surface area contributed by atoms with Crippen molar-refractivity contribution < 1.29 is 49.7 Å². The van der Waals surface area contributed by atoms with Gasteiger partial charge in [0.05, 0.1) is 23.1 Å². The van der Waals surface area contributed by atoms with Crippen LogP contribution in [-0.4, -0.2) is 79.7 Å². The monoisotopic (exact) mass is 666 g/mol. The molecule has 1 aliphatic heterocycles. The molecule has 1 saturated heterocycles. The zero-order valence-electron chi connectivity index (χ0n) is 26.7. The number of hydrogen-bond donors (Lipinski definition) is 6. The maximum atomic E-state index is 14.3. The summed E-state index contributed by atoms with van der Waals surface area (Å²) >= 11 is 0. The Morgan fingerprint density at radius 3 is 2.33 bits per heavy atom. The molecule has 0 unspecified atom stereocenters. The van der Waals surface area contributed by atoms with Crippen LogP contribution in [-0.2, 0) is 4.74 Å². The number of aromatic carboxylic acids is 1. The van der Waals surface area contributed by atoms with Gasteiger partial charge >= 0.3 is 5.97 Å². The largest absolute Gasteiger partial charge is 0.506 e. The molecule has 10 heteroatoms. The summed E-state index contributed by atoms with van der Waals surface area (Å²) in [4.78, 5) is 26.3. The molecule has 2 bridgehead atoms. The van der Waals surface area contributed by atoms with E-state index in [0.717, 1.165) is 18.1 Å². The van der Waals surface area contributed by atoms with E-state index in [1.807, 2.05) is 30.3 Å². The molecule has 7 rings (SSSR count). The first-order chi connectivity index (χ1) is 23.6. The predicted molar refractivity (Wildman–Crippen MR) is 179 cm³/mol. The highest BCUT2D eigenvalue weighted by Gasteiger charge is 2.45. The number of carboxylic acid groups (broad SMARTS) is 1. The maximum absolute atomic E-state index is 14.3. The first-order valence-corrected chi connectivity index (χ1v) is 16.4. The summed E-state index contributed by atoms with van der Waals surface area (Å²) in [5.74, 6) is -1.77. The van der Waals surface area contributed by atoms with E-state index in [1.165, 1.54) is 17.2 Å². The summed E-state index contributed by atoms with van der Waals surface area (Å²) in [5.41, 5.74) is 3.88. The number of aryl methyl sites for hydroxylation is 1. The van der Waals surface area contributed by atoms with Gasteiger partial charge in [-0.05, 0) is 70.9 Å². The van der Waals surface area contributed by atoms with Gasteiger partial charge in [-0.1, -0.05) is 72.8 Å². The average molecular weight is 667 g/mol. The Morgan fingerprint density at radius 1 is 0.898 bits per heavy atom. The Balaban J connectivity index is 1.25. The van der Waals surface area contributed by atoms with Gasteiger partial charge < -0.3 is 40.1 Å². The van der Waals surface area contributed by atoms with E-state index in [2.05, 4.69) is 36.4 Å². The average Bonchev–Trinajstić information content (AvgIpc) is 3.10. The van der Waals surface area contributed by atoms with Gasteiger partial charge in [0.25, 0.3) is 0 Å². The van der Waals surface area contributed by atoms with Gasteiger partial charge in [-0.15, -0.1) is 0 Å². The lowest BCUT2D eigenvalue weighted by Crippen LogP contribution is -2.60. The lowest BCUT2D eigenvalue weighted by atomic mass is 9.61. The molecule has 0 spiro atoms. The number of fused-ring (bicyclic) bond motifs is 5. The molecular formula is C39H38O10. The fourth-order valence-corrected chi connectivity index (χ4v) is 8.01. The van der Waals surface area contributed by atoms with Crippen LogP contribution in [0.3, 0.4) is 0 Å². The minimum Gasteiger partial charge on any atom is -0.506 e. The van der Waals surface area contributed by atoms with E-state index < -0.39 is 49.0 Å². The lowest BCUT2D eigenvalue weighted by molar-refractivity contribution is -0.277. The number of ether oxygens (including phenoxy) is 2. The molecule has 0 amide bonds. The Morgan fingerprint density at radius 2 is 1.61 bits per heavy atom. The van der Waals surface area contributed by atoms with Gasteiger partial charge in [0.15, 0.2) is 5.78 Å². The van der Waals surface area contributed by atoms with Gasteiger partial charge in [0.2, 0.25) is 6.29 Å². The number of benzene rings is 4. The van der Waals surface area contributed by atoms with E-state index in [-0.39, 0.29) is 63.5 Å². The number of carbonyl (C=O) groups is 2. The topological polar surface area (TPSA) is 174 Å². The highest BCUT2D eigenvalue weighted by atomic mass is 16.7. The van der Waals surface area contributed by atoms with Crippen molar-refractivity contribution in [1.29, 1.82) is 0 Å². The molecule has 6 N–H and O–H groups in total. The summed E-state index contributed by atoms with van der Waals surface area (Å²) in [6, 6.07) is 22.7. The molecule has 10 nitrogen and oxygen atoms in total. The minimum absolute atomic E-state index is 0.0169. The quantitative estimate of drug-likeness (QED) is 0.116. The number of aliphatic hydroxyl groups excluding tert-OH is 4. The van der Waals surface area contributed by atoms with Crippen molar-refractivity contribution in [3.63, 3.8) is 0 Å². The number of hydrogen-bond acceptors (Lipinski definition) is 9. The third-order valence-electron chi connectivity index (χ3n) is 10.4. The second-order valence-electron chi connectivity index (χ2n) is 13.3. The molecule has 9 atom stereocenters. The van der Waals surface area contributed by atoms with E-state index in [4.69, 9.17) is 9.47 Å². The number of phenolic OH excluding ortho intramolecular Hbond substituents is 1. The van der Waals surface area contributed by atoms with Crippen molar-refractivity contribution in [3.05, 3.63) is 118 Å². The van der Waals surface area contributed by atoms with Crippen LogP contribution in [0.1, 0.15) is 73.6 Å². The summed E-state index contributed by atoms with van der Waals surface area (Å²) in [6.45, 7) is 0.978. The van der Waals surface area contributed by atoms with Crippen molar-refractivity contribution in [1.82, 2.24) is 0 Å². The molecule has 254 valence electrons. The summed E-state index contributed by atoms with van der Waals surface area (Å²) in [7, 11) is 0. The third-order valence-corrected chi connectivity index (χ3v) is 10.4. The molecule has 3 aliphatic rings. The smallest absolute Gasteiger partial charge is 0.335 e. The van der Waals surface area contributed by atoms with Gasteiger partial charge in [0.1, 0.15) is 35.9 Å².